The minimum atomic E-state index is -0.800. The van der Waals surface area contributed by atoms with Crippen LogP contribution >= 0.6 is 0 Å². The second-order valence-electron chi connectivity index (χ2n) is 16.2. The number of esters is 2. The molecule has 0 spiro atoms. The van der Waals surface area contributed by atoms with Gasteiger partial charge in [-0.15, -0.1) is 0 Å². The van der Waals surface area contributed by atoms with Gasteiger partial charge in [0.15, 0.2) is 13.5 Å². The number of carbonyl (C=O) groups is 4. The molecule has 0 unspecified atom stereocenters. The Kier molecular flexibility index (Phi) is 13.3. The van der Waals surface area contributed by atoms with E-state index >= 15 is 0 Å². The number of fused-ring (bicyclic) bond motifs is 2. The molecule has 59 heavy (non-hydrogen) atoms. The predicted molar refractivity (Wildman–Crippen MR) is 224 cm³/mol. The van der Waals surface area contributed by atoms with Gasteiger partial charge in [-0.25, -0.2) is 9.48 Å². The van der Waals surface area contributed by atoms with Gasteiger partial charge >= 0.3 is 18.0 Å². The number of carbonyl (C=O) groups excluding carboxylic acids is 4. The third-order valence-corrected chi connectivity index (χ3v) is 12.4. The van der Waals surface area contributed by atoms with Crippen molar-refractivity contribution in [3.63, 3.8) is 0 Å². The molecule has 316 valence electrons. The van der Waals surface area contributed by atoms with Crippen molar-refractivity contribution in [2.24, 2.45) is 0 Å². The molecule has 3 amide bonds. The standard InChI is InChI=1S/C44H58N8O7/c1-5-39(53)58-28-51-38-10-8-7-9-33(38)26-36(42(51)55)32-11-17-50(18-12-32)44(57)46-37(43(56)49-21-19-48(20-22-49)35-13-15-47(4)16-14-35)25-31-23-30(3)41-34(24-31)27-45-52(41)29-59-40(54)6-2/h7-10,23-24,26-27,32,35,37H,5-6,11-22,25,28-29H2,1-4H3,(H,46,57)/t37-/m1/s1. The lowest BCUT2D eigenvalue weighted by atomic mass is 9.89. The van der Waals surface area contributed by atoms with Gasteiger partial charge in [-0.3, -0.25) is 28.6 Å². The molecule has 0 radical (unpaired) electrons. The largest absolute Gasteiger partial charge is 0.444 e. The van der Waals surface area contributed by atoms with Gasteiger partial charge in [-0.2, -0.15) is 5.10 Å². The number of hydrogen-bond donors (Lipinski definition) is 1. The van der Waals surface area contributed by atoms with Crippen LogP contribution < -0.4 is 10.9 Å². The zero-order chi connectivity index (χ0) is 41.6. The Hall–Kier alpha value is -5.28. The highest BCUT2D eigenvalue weighted by molar-refractivity contribution is 5.88. The minimum Gasteiger partial charge on any atom is -0.444 e. The molecule has 0 aliphatic carbocycles. The zero-order valence-corrected chi connectivity index (χ0v) is 34.9. The summed E-state index contributed by atoms with van der Waals surface area (Å²) in [6, 6.07) is 12.9. The molecule has 0 bridgehead atoms. The number of benzene rings is 2. The normalized spacial score (nSPS) is 18.0. The molecule has 3 fully saturated rings. The summed E-state index contributed by atoms with van der Waals surface area (Å²) in [5, 5.41) is 9.34. The maximum absolute atomic E-state index is 14.4. The van der Waals surface area contributed by atoms with E-state index in [1.807, 2.05) is 54.3 Å². The summed E-state index contributed by atoms with van der Waals surface area (Å²) in [5.41, 5.74) is 3.79. The van der Waals surface area contributed by atoms with Crippen molar-refractivity contribution >= 4 is 45.7 Å². The summed E-state index contributed by atoms with van der Waals surface area (Å²) in [6.45, 7) is 11.1. The van der Waals surface area contributed by atoms with Crippen molar-refractivity contribution in [2.45, 2.75) is 97.2 Å². The monoisotopic (exact) mass is 810 g/mol. The fourth-order valence-electron chi connectivity index (χ4n) is 8.94. The molecule has 7 rings (SSSR count). The summed E-state index contributed by atoms with van der Waals surface area (Å²) in [5.74, 6) is -0.878. The minimum absolute atomic E-state index is 0.0130. The van der Waals surface area contributed by atoms with Crippen molar-refractivity contribution in [1.82, 2.24) is 39.3 Å². The van der Waals surface area contributed by atoms with Crippen molar-refractivity contribution < 1.29 is 28.7 Å². The topological polar surface area (TPSA) is 152 Å². The molecule has 15 nitrogen and oxygen atoms in total. The van der Waals surface area contributed by atoms with E-state index in [-0.39, 0.29) is 61.7 Å². The number of nitrogens with one attached hydrogen (secondary N) is 1. The van der Waals surface area contributed by atoms with Gasteiger partial charge < -0.3 is 29.5 Å². The van der Waals surface area contributed by atoms with Crippen LogP contribution in [0.4, 0.5) is 4.79 Å². The number of piperazine rings is 1. The second-order valence-corrected chi connectivity index (χ2v) is 16.2. The lowest BCUT2D eigenvalue weighted by Crippen LogP contribution is -2.59. The maximum Gasteiger partial charge on any atom is 0.318 e. The van der Waals surface area contributed by atoms with Crippen molar-refractivity contribution in [3.8, 4) is 0 Å². The summed E-state index contributed by atoms with van der Waals surface area (Å²) in [7, 11) is 2.16. The molecular weight excluding hydrogens is 753 g/mol. The Morgan fingerprint density at radius 1 is 0.814 bits per heavy atom. The number of likely N-dealkylation sites (tertiary alicyclic amines) is 2. The highest BCUT2D eigenvalue weighted by Gasteiger charge is 2.34. The van der Waals surface area contributed by atoms with Crippen LogP contribution in [0.3, 0.4) is 0 Å². The third kappa shape index (κ3) is 9.62. The Balaban J connectivity index is 1.06. The average molecular weight is 811 g/mol. The molecule has 2 aromatic carbocycles. The van der Waals surface area contributed by atoms with Crippen LogP contribution in [-0.2, 0) is 43.7 Å². The van der Waals surface area contributed by atoms with Crippen molar-refractivity contribution in [2.75, 3.05) is 59.4 Å². The van der Waals surface area contributed by atoms with Gasteiger partial charge in [0.1, 0.15) is 6.04 Å². The number of amides is 3. The lowest BCUT2D eigenvalue weighted by Gasteiger charge is -2.43. The highest BCUT2D eigenvalue weighted by atomic mass is 16.5. The number of piperidine rings is 2. The fourth-order valence-corrected chi connectivity index (χ4v) is 8.94. The Morgan fingerprint density at radius 3 is 2.19 bits per heavy atom. The molecule has 0 saturated carbocycles. The number of urea groups is 1. The molecule has 1 atom stereocenters. The van der Waals surface area contributed by atoms with Crippen LogP contribution in [0, 0.1) is 6.92 Å². The Bertz CT molecular complexity index is 2210. The summed E-state index contributed by atoms with van der Waals surface area (Å²) in [4.78, 5) is 74.7. The van der Waals surface area contributed by atoms with Crippen LogP contribution in [0.25, 0.3) is 21.8 Å². The number of pyridine rings is 1. The molecule has 3 aliphatic rings. The number of hydrogen-bond acceptors (Lipinski definition) is 10. The molecular formula is C44H58N8O7. The van der Waals surface area contributed by atoms with E-state index in [1.54, 1.807) is 29.6 Å². The zero-order valence-electron chi connectivity index (χ0n) is 34.9. The number of rotatable bonds is 12. The van der Waals surface area contributed by atoms with Gasteiger partial charge in [-0.1, -0.05) is 38.1 Å². The Labute approximate surface area is 345 Å². The van der Waals surface area contributed by atoms with Gasteiger partial charge in [0, 0.05) is 75.5 Å². The van der Waals surface area contributed by atoms with Crippen LogP contribution in [0.5, 0.6) is 0 Å². The van der Waals surface area contributed by atoms with Crippen molar-refractivity contribution in [3.05, 3.63) is 75.7 Å². The Morgan fingerprint density at radius 2 is 1.49 bits per heavy atom. The van der Waals surface area contributed by atoms with E-state index in [9.17, 15) is 24.0 Å². The number of ether oxygens (including phenoxy) is 2. The average Bonchev–Trinajstić information content (AvgIpc) is 3.68. The van der Waals surface area contributed by atoms with Gasteiger partial charge in [0.2, 0.25) is 5.91 Å². The van der Waals surface area contributed by atoms with E-state index in [4.69, 9.17) is 9.47 Å². The molecule has 4 aromatic rings. The van der Waals surface area contributed by atoms with E-state index in [0.717, 1.165) is 66.4 Å². The van der Waals surface area contributed by atoms with Crippen molar-refractivity contribution in [1.29, 1.82) is 0 Å². The summed E-state index contributed by atoms with van der Waals surface area (Å²) in [6.07, 6.45) is 5.92. The van der Waals surface area contributed by atoms with Gasteiger partial charge in [0.05, 0.1) is 17.2 Å². The molecule has 15 heteroatoms. The van der Waals surface area contributed by atoms with E-state index in [1.165, 1.54) is 4.57 Å². The number of aromatic nitrogens is 3. The lowest BCUT2D eigenvalue weighted by molar-refractivity contribution is -0.148. The highest BCUT2D eigenvalue weighted by Crippen LogP contribution is 2.29. The molecule has 3 aliphatic heterocycles. The molecule has 5 heterocycles. The number of nitrogens with zero attached hydrogens (tertiary/aromatic N) is 7. The van der Waals surface area contributed by atoms with E-state index < -0.39 is 6.04 Å². The quantitative estimate of drug-likeness (QED) is 0.206. The molecule has 1 N–H and O–H groups in total. The molecule has 2 aromatic heterocycles. The maximum atomic E-state index is 14.4. The summed E-state index contributed by atoms with van der Waals surface area (Å²) < 4.78 is 13.9. The van der Waals surface area contributed by atoms with Gasteiger partial charge in [0.25, 0.3) is 5.56 Å². The van der Waals surface area contributed by atoms with Crippen LogP contribution in [0.2, 0.25) is 0 Å². The van der Waals surface area contributed by atoms with E-state index in [0.29, 0.717) is 62.6 Å². The predicted octanol–water partition coefficient (Wildman–Crippen LogP) is 4.22. The fraction of sp³-hybridized carbons (Fsp3) is 0.545. The number of para-hydroxylation sites is 1. The van der Waals surface area contributed by atoms with Gasteiger partial charge in [-0.05, 0) is 93.4 Å². The smallest absolute Gasteiger partial charge is 0.318 e. The van der Waals surface area contributed by atoms with Crippen LogP contribution in [0.1, 0.15) is 75.0 Å². The first-order chi connectivity index (χ1) is 28.5. The molecule has 3 saturated heterocycles. The number of aryl methyl sites for hydroxylation is 1. The SMILES string of the molecule is CCC(=O)OCn1ncc2cc(C[C@@H](NC(=O)N3CCC(c4cc5ccccc5n(COC(=O)CC)c4=O)CC3)C(=O)N3CCN(C4CCN(C)CC4)CC3)cc(C)c21. The first-order valence-electron chi connectivity index (χ1n) is 21.2. The third-order valence-electron chi connectivity index (χ3n) is 12.4. The first-order valence-corrected chi connectivity index (χ1v) is 21.2. The van der Waals surface area contributed by atoms with Crippen LogP contribution in [0.15, 0.2) is 53.5 Å². The first kappa shape index (κ1) is 41.9. The van der Waals surface area contributed by atoms with Crippen LogP contribution in [-0.4, -0.2) is 129 Å². The van der Waals surface area contributed by atoms with E-state index in [2.05, 4.69) is 27.3 Å². The summed E-state index contributed by atoms with van der Waals surface area (Å²) >= 11 is 0. The second kappa shape index (κ2) is 18.8.